The number of hydrogen-bond donors (Lipinski definition) is 0. The van der Waals surface area contributed by atoms with Gasteiger partial charge in [0.1, 0.15) is 0 Å². The first kappa shape index (κ1) is 36.3. The van der Waals surface area contributed by atoms with Crippen LogP contribution in [0, 0.1) is 13.8 Å². The number of nitrogens with zero attached hydrogens (tertiary/aromatic N) is 2. The lowest BCUT2D eigenvalue weighted by molar-refractivity contribution is 0.195. The third-order valence-corrected chi connectivity index (χ3v) is 15.0. The fourth-order valence-electron chi connectivity index (χ4n) is 11.7. The van der Waals surface area contributed by atoms with Crippen molar-refractivity contribution in [3.05, 3.63) is 168 Å². The van der Waals surface area contributed by atoms with E-state index in [1.165, 1.54) is 121 Å². The zero-order valence-electron chi connectivity index (χ0n) is 35.7. The molecule has 1 aliphatic carbocycles. The number of rotatable bonds is 4. The van der Waals surface area contributed by atoms with Crippen LogP contribution in [0.2, 0.25) is 0 Å². The monoisotopic (exact) mass is 764 g/mol. The molecule has 7 aromatic carbocycles. The van der Waals surface area contributed by atoms with E-state index in [9.17, 15) is 0 Å². The van der Waals surface area contributed by atoms with E-state index >= 15 is 0 Å². The zero-order chi connectivity index (χ0) is 40.4. The van der Waals surface area contributed by atoms with E-state index in [0.717, 1.165) is 0 Å². The Hall–Kier alpha value is -5.80. The first-order valence-electron chi connectivity index (χ1n) is 21.8. The Morgan fingerprint density at radius 1 is 0.559 bits per heavy atom. The maximum atomic E-state index is 2.88. The van der Waals surface area contributed by atoms with Gasteiger partial charge < -0.3 is 9.71 Å². The van der Waals surface area contributed by atoms with Gasteiger partial charge in [0.05, 0.1) is 5.54 Å². The normalized spacial score (nSPS) is 19.9. The highest BCUT2D eigenvalue weighted by Crippen LogP contribution is 2.63. The molecule has 2 unspecified atom stereocenters. The molecule has 290 valence electrons. The molecule has 0 amide bonds. The smallest absolute Gasteiger partial charge is 0.333 e. The molecule has 11 rings (SSSR count). The summed E-state index contributed by atoms with van der Waals surface area (Å²) in [4.78, 5) is 5.60. The van der Waals surface area contributed by atoms with E-state index in [2.05, 4.69) is 204 Å². The van der Waals surface area contributed by atoms with Gasteiger partial charge >= 0.3 is 6.85 Å². The summed E-state index contributed by atoms with van der Waals surface area (Å²) in [5.74, 6) is 0. The summed E-state index contributed by atoms with van der Waals surface area (Å²) in [6, 6.07) is 55.5. The Morgan fingerprint density at radius 3 is 1.85 bits per heavy atom. The molecular weight excluding hydrogens is 711 g/mol. The number of benzene rings is 7. The Kier molecular flexibility index (Phi) is 7.91. The van der Waals surface area contributed by atoms with E-state index < -0.39 is 0 Å². The largest absolute Gasteiger partial charge is 0.376 e. The summed E-state index contributed by atoms with van der Waals surface area (Å²) in [7, 11) is 0. The lowest BCUT2D eigenvalue weighted by Gasteiger charge is -2.53. The van der Waals surface area contributed by atoms with Crippen molar-refractivity contribution >= 4 is 40.5 Å². The lowest BCUT2D eigenvalue weighted by Crippen LogP contribution is -2.64. The fourth-order valence-corrected chi connectivity index (χ4v) is 11.7. The summed E-state index contributed by atoms with van der Waals surface area (Å²) >= 11 is 0. The SMILES string of the molecule is Cc1cccc(C)c1-c1cc2c3c(c1)N1c4c(cc(C(C)(C)C)cc4C4(C)CCCCC14C)B3N(c1ccc(-c3ccccc3)cc1)c1cc(-c3ccccc3)ccc1-2. The van der Waals surface area contributed by atoms with Crippen LogP contribution in [-0.4, -0.2) is 12.4 Å². The number of hydrogen-bond acceptors (Lipinski definition) is 2. The highest BCUT2D eigenvalue weighted by Gasteiger charge is 2.62. The maximum Gasteiger partial charge on any atom is 0.333 e. The standard InChI is InChI=1S/C56H53BN2/c1-36-17-16-18-37(2)51(36)42-31-46-45-28-25-41(39-21-12-9-13-22-39)32-49(45)59(44-26-23-40(24-27-44)38-19-10-8-11-20-38)57-48-35-43(54(3,4)5)34-47-53(48)58(50(33-42)52(46)57)56(7)30-15-14-29-55(47,56)6/h8-13,16-28,31-35H,14-15,29-30H2,1-7H3. The van der Waals surface area contributed by atoms with Gasteiger partial charge in [0.15, 0.2) is 0 Å². The topological polar surface area (TPSA) is 6.48 Å². The molecule has 0 spiro atoms. The Morgan fingerprint density at radius 2 is 1.17 bits per heavy atom. The van der Waals surface area contributed by atoms with E-state index in [4.69, 9.17) is 0 Å². The Labute approximate surface area is 351 Å². The first-order valence-corrected chi connectivity index (χ1v) is 21.8. The molecule has 7 aromatic rings. The van der Waals surface area contributed by atoms with Crippen LogP contribution in [0.3, 0.4) is 0 Å². The van der Waals surface area contributed by atoms with Gasteiger partial charge in [-0.2, -0.15) is 0 Å². The Bertz CT molecular complexity index is 2800. The molecule has 2 atom stereocenters. The average molecular weight is 765 g/mol. The molecule has 4 aliphatic rings. The Balaban J connectivity index is 1.27. The van der Waals surface area contributed by atoms with Gasteiger partial charge in [0.2, 0.25) is 0 Å². The number of fused-ring (bicyclic) bond motifs is 7. The van der Waals surface area contributed by atoms with Crippen LogP contribution >= 0.6 is 0 Å². The molecule has 3 aliphatic heterocycles. The minimum Gasteiger partial charge on any atom is -0.376 e. The molecule has 2 nitrogen and oxygen atoms in total. The van der Waals surface area contributed by atoms with Crippen molar-refractivity contribution in [3.63, 3.8) is 0 Å². The van der Waals surface area contributed by atoms with Crippen LogP contribution in [0.5, 0.6) is 0 Å². The van der Waals surface area contributed by atoms with Crippen LogP contribution in [0.15, 0.2) is 146 Å². The molecule has 1 fully saturated rings. The van der Waals surface area contributed by atoms with E-state index in [1.54, 1.807) is 5.56 Å². The summed E-state index contributed by atoms with van der Waals surface area (Å²) < 4.78 is 0. The van der Waals surface area contributed by atoms with Gasteiger partial charge in [-0.1, -0.05) is 156 Å². The van der Waals surface area contributed by atoms with Crippen molar-refractivity contribution in [1.29, 1.82) is 0 Å². The van der Waals surface area contributed by atoms with Gasteiger partial charge in [-0.15, -0.1) is 0 Å². The summed E-state index contributed by atoms with van der Waals surface area (Å²) in [6.45, 7) is 17.0. The molecular formula is C56H53BN2. The molecule has 59 heavy (non-hydrogen) atoms. The molecule has 3 heterocycles. The summed E-state index contributed by atoms with van der Waals surface area (Å²) in [6.07, 6.45) is 4.91. The summed E-state index contributed by atoms with van der Waals surface area (Å²) in [5.41, 5.74) is 24.1. The van der Waals surface area contributed by atoms with Gasteiger partial charge in [-0.05, 0) is 141 Å². The second-order valence-electron chi connectivity index (χ2n) is 19.4. The van der Waals surface area contributed by atoms with E-state index in [1.807, 2.05) is 0 Å². The summed E-state index contributed by atoms with van der Waals surface area (Å²) in [5, 5.41) is 0. The minimum absolute atomic E-state index is 0.00901. The van der Waals surface area contributed by atoms with Gasteiger partial charge in [0, 0.05) is 33.7 Å². The van der Waals surface area contributed by atoms with Crippen LogP contribution in [0.1, 0.15) is 82.6 Å². The third-order valence-electron chi connectivity index (χ3n) is 15.0. The quantitative estimate of drug-likeness (QED) is 0.165. The van der Waals surface area contributed by atoms with Crippen LogP contribution in [0.4, 0.5) is 22.7 Å². The minimum atomic E-state index is -0.0589. The van der Waals surface area contributed by atoms with Crippen LogP contribution in [0.25, 0.3) is 44.5 Å². The number of aryl methyl sites for hydroxylation is 2. The molecule has 1 saturated carbocycles. The highest BCUT2D eigenvalue weighted by molar-refractivity contribution is 6.93. The average Bonchev–Trinajstić information content (AvgIpc) is 3.46. The maximum absolute atomic E-state index is 2.88. The molecule has 0 saturated heterocycles. The second kappa shape index (κ2) is 12.9. The van der Waals surface area contributed by atoms with Crippen LogP contribution in [-0.2, 0) is 10.8 Å². The first-order chi connectivity index (χ1) is 28.5. The second-order valence-corrected chi connectivity index (χ2v) is 19.4. The van der Waals surface area contributed by atoms with Crippen molar-refractivity contribution in [2.75, 3.05) is 9.71 Å². The molecule has 0 radical (unpaired) electrons. The fraction of sp³-hybridized carbons (Fsp3) is 0.250. The molecule has 0 bridgehead atoms. The van der Waals surface area contributed by atoms with Gasteiger partial charge in [0.25, 0.3) is 0 Å². The highest BCUT2D eigenvalue weighted by atomic mass is 15.3. The predicted molar refractivity (Wildman–Crippen MR) is 253 cm³/mol. The van der Waals surface area contributed by atoms with E-state index in [-0.39, 0.29) is 23.2 Å². The third kappa shape index (κ3) is 5.19. The van der Waals surface area contributed by atoms with E-state index in [0.29, 0.717) is 0 Å². The van der Waals surface area contributed by atoms with Gasteiger partial charge in [-0.3, -0.25) is 0 Å². The van der Waals surface area contributed by atoms with Gasteiger partial charge in [-0.25, -0.2) is 0 Å². The zero-order valence-corrected chi connectivity index (χ0v) is 35.7. The number of anilines is 4. The molecule has 3 heteroatoms. The van der Waals surface area contributed by atoms with Crippen molar-refractivity contribution in [3.8, 4) is 44.5 Å². The van der Waals surface area contributed by atoms with Crippen LogP contribution < -0.4 is 20.6 Å². The van der Waals surface area contributed by atoms with Crippen molar-refractivity contribution < 1.29 is 0 Å². The molecule has 0 N–H and O–H groups in total. The van der Waals surface area contributed by atoms with Crippen molar-refractivity contribution in [2.45, 2.75) is 90.5 Å². The predicted octanol–water partition coefficient (Wildman–Crippen LogP) is 13.6. The van der Waals surface area contributed by atoms with Crippen molar-refractivity contribution in [1.82, 2.24) is 0 Å². The lowest BCUT2D eigenvalue weighted by atomic mass is 9.43. The van der Waals surface area contributed by atoms with Crippen molar-refractivity contribution in [2.24, 2.45) is 0 Å². The molecule has 0 aromatic heterocycles.